The molecule has 0 fully saturated rings. The van der Waals surface area contributed by atoms with Gasteiger partial charge in [-0.3, -0.25) is 0 Å². The summed E-state index contributed by atoms with van der Waals surface area (Å²) in [4.78, 5) is 15.2. The van der Waals surface area contributed by atoms with Crippen molar-refractivity contribution in [2.24, 2.45) is 20.7 Å². The summed E-state index contributed by atoms with van der Waals surface area (Å²) in [5.74, 6) is -1.10. The Morgan fingerprint density at radius 2 is 1.86 bits per heavy atom. The smallest absolute Gasteiger partial charge is 0.442 e. The standard InChI is InChI=1S/C10H8F3N5O3/c1-20-7-6(8(19)21-2)3-5(4-14-7)9(10(11,12)13)15-17-18-16-9/h3-4H,1-2H3. The number of carbonyl (C=O) groups excluding carboxylic acids is 1. The zero-order valence-electron chi connectivity index (χ0n) is 10.7. The second-order valence-corrected chi connectivity index (χ2v) is 3.82. The molecule has 1 aliphatic heterocycles. The number of hydrogen-bond donors (Lipinski definition) is 0. The van der Waals surface area contributed by atoms with Crippen LogP contribution in [0, 0.1) is 0 Å². The van der Waals surface area contributed by atoms with Crippen molar-refractivity contribution in [1.82, 2.24) is 4.98 Å². The number of halogens is 3. The van der Waals surface area contributed by atoms with Crippen molar-refractivity contribution in [3.05, 3.63) is 23.4 Å². The highest BCUT2D eigenvalue weighted by Gasteiger charge is 2.60. The molecule has 1 aliphatic rings. The third-order valence-corrected chi connectivity index (χ3v) is 2.67. The maximum atomic E-state index is 13.2. The summed E-state index contributed by atoms with van der Waals surface area (Å²) in [5, 5.41) is 11.9. The third-order valence-electron chi connectivity index (χ3n) is 2.67. The molecule has 0 N–H and O–H groups in total. The average Bonchev–Trinajstić information content (AvgIpc) is 2.96. The lowest BCUT2D eigenvalue weighted by Crippen LogP contribution is -2.37. The molecule has 0 bridgehead atoms. The topological polar surface area (TPSA) is 97.9 Å². The van der Waals surface area contributed by atoms with E-state index in [4.69, 9.17) is 4.74 Å². The first-order valence-electron chi connectivity index (χ1n) is 5.39. The Kier molecular flexibility index (Phi) is 3.58. The Morgan fingerprint density at radius 1 is 1.24 bits per heavy atom. The molecule has 0 saturated carbocycles. The molecule has 2 rings (SSSR count). The van der Waals surface area contributed by atoms with Gasteiger partial charge in [0.25, 0.3) is 0 Å². The maximum Gasteiger partial charge on any atom is 0.442 e. The van der Waals surface area contributed by atoms with Crippen molar-refractivity contribution in [3.8, 4) is 5.88 Å². The van der Waals surface area contributed by atoms with Crippen molar-refractivity contribution in [2.45, 2.75) is 11.8 Å². The quantitative estimate of drug-likeness (QED) is 0.801. The predicted molar refractivity (Wildman–Crippen MR) is 59.6 cm³/mol. The van der Waals surface area contributed by atoms with Gasteiger partial charge in [-0.25, -0.2) is 9.78 Å². The van der Waals surface area contributed by atoms with Gasteiger partial charge in [0.05, 0.1) is 14.2 Å². The molecule has 21 heavy (non-hydrogen) atoms. The summed E-state index contributed by atoms with van der Waals surface area (Å²) in [6, 6.07) is 0.883. The molecule has 0 radical (unpaired) electrons. The van der Waals surface area contributed by atoms with Gasteiger partial charge in [0.2, 0.25) is 5.88 Å². The van der Waals surface area contributed by atoms with Gasteiger partial charge in [-0.15, -0.1) is 10.2 Å². The maximum absolute atomic E-state index is 13.2. The Bertz CT molecular complexity index is 617. The molecular formula is C10H8F3N5O3. The van der Waals surface area contributed by atoms with E-state index in [1.165, 1.54) is 7.11 Å². The molecule has 0 aromatic carbocycles. The van der Waals surface area contributed by atoms with E-state index >= 15 is 0 Å². The van der Waals surface area contributed by atoms with Crippen molar-refractivity contribution >= 4 is 5.97 Å². The molecule has 0 spiro atoms. The second kappa shape index (κ2) is 5.07. The van der Waals surface area contributed by atoms with Gasteiger partial charge in [0, 0.05) is 11.8 Å². The number of hydrogen-bond acceptors (Lipinski definition) is 8. The SMILES string of the molecule is COC(=O)c1cc(C2(C(F)(F)F)N=NN=N2)cnc1OC. The molecule has 0 amide bonds. The van der Waals surface area contributed by atoms with Crippen LogP contribution in [0.25, 0.3) is 0 Å². The summed E-state index contributed by atoms with van der Waals surface area (Å²) in [5.41, 5.74) is -3.84. The van der Waals surface area contributed by atoms with Gasteiger partial charge in [-0.05, 0) is 16.5 Å². The highest BCUT2D eigenvalue weighted by atomic mass is 19.4. The van der Waals surface area contributed by atoms with E-state index in [2.05, 4.69) is 30.4 Å². The van der Waals surface area contributed by atoms with Crippen molar-refractivity contribution < 1.29 is 27.4 Å². The summed E-state index contributed by atoms with van der Waals surface area (Å²) >= 11 is 0. The van der Waals surface area contributed by atoms with E-state index in [1.807, 2.05) is 0 Å². The Morgan fingerprint density at radius 3 is 2.33 bits per heavy atom. The molecule has 2 heterocycles. The average molecular weight is 303 g/mol. The number of rotatable bonds is 3. The first kappa shape index (κ1) is 14.8. The third kappa shape index (κ3) is 2.30. The lowest BCUT2D eigenvalue weighted by Gasteiger charge is -2.23. The first-order valence-corrected chi connectivity index (χ1v) is 5.39. The number of ether oxygens (including phenoxy) is 2. The molecule has 1 aromatic heterocycles. The number of esters is 1. The molecular weight excluding hydrogens is 295 g/mol. The minimum atomic E-state index is -4.90. The second-order valence-electron chi connectivity index (χ2n) is 3.82. The first-order chi connectivity index (χ1) is 9.85. The van der Waals surface area contributed by atoms with Gasteiger partial charge in [0.1, 0.15) is 5.56 Å². The fraction of sp³-hybridized carbons (Fsp3) is 0.400. The molecule has 11 heteroatoms. The van der Waals surface area contributed by atoms with Crippen LogP contribution in [0.2, 0.25) is 0 Å². The minimum absolute atomic E-state index is 0.185. The normalized spacial score (nSPS) is 16.0. The van der Waals surface area contributed by atoms with Crippen LogP contribution in [0.3, 0.4) is 0 Å². The van der Waals surface area contributed by atoms with E-state index in [1.54, 1.807) is 0 Å². The van der Waals surface area contributed by atoms with Gasteiger partial charge >= 0.3 is 17.8 Å². The largest absolute Gasteiger partial charge is 0.480 e. The number of pyridine rings is 1. The summed E-state index contributed by atoms with van der Waals surface area (Å²) in [7, 11) is 2.28. The van der Waals surface area contributed by atoms with Gasteiger partial charge < -0.3 is 9.47 Å². The van der Waals surface area contributed by atoms with E-state index in [0.29, 0.717) is 0 Å². The molecule has 0 atom stereocenters. The number of alkyl halides is 3. The summed E-state index contributed by atoms with van der Waals surface area (Å²) in [6.45, 7) is 0. The Hall–Kier alpha value is -2.59. The van der Waals surface area contributed by atoms with Crippen LogP contribution < -0.4 is 4.74 Å². The Balaban J connectivity index is 2.62. The fourth-order valence-electron chi connectivity index (χ4n) is 1.64. The van der Waals surface area contributed by atoms with Crippen LogP contribution in [-0.4, -0.2) is 31.3 Å². The van der Waals surface area contributed by atoms with Crippen LogP contribution in [0.1, 0.15) is 15.9 Å². The monoisotopic (exact) mass is 303 g/mol. The van der Waals surface area contributed by atoms with Crippen molar-refractivity contribution in [1.29, 1.82) is 0 Å². The van der Waals surface area contributed by atoms with Crippen LogP contribution >= 0.6 is 0 Å². The fourth-order valence-corrected chi connectivity index (χ4v) is 1.64. The molecule has 1 aromatic rings. The van der Waals surface area contributed by atoms with E-state index < -0.39 is 23.4 Å². The minimum Gasteiger partial charge on any atom is -0.480 e. The number of aromatic nitrogens is 1. The summed E-state index contributed by atoms with van der Waals surface area (Å²) < 4.78 is 48.9. The highest BCUT2D eigenvalue weighted by Crippen LogP contribution is 2.46. The van der Waals surface area contributed by atoms with Crippen LogP contribution in [-0.2, 0) is 10.4 Å². The molecule has 0 aliphatic carbocycles. The van der Waals surface area contributed by atoms with Gasteiger partial charge in [-0.2, -0.15) is 13.2 Å². The van der Waals surface area contributed by atoms with Gasteiger partial charge in [-0.1, -0.05) is 0 Å². The van der Waals surface area contributed by atoms with E-state index in [0.717, 1.165) is 19.4 Å². The number of nitrogens with zero attached hydrogens (tertiary/aromatic N) is 5. The highest BCUT2D eigenvalue weighted by molar-refractivity contribution is 5.92. The lowest BCUT2D eigenvalue weighted by atomic mass is 10.0. The zero-order chi connectivity index (χ0) is 15.7. The molecule has 112 valence electrons. The molecule has 0 unspecified atom stereocenters. The molecule has 0 saturated heterocycles. The lowest BCUT2D eigenvalue weighted by molar-refractivity contribution is -0.187. The number of methoxy groups -OCH3 is 2. The van der Waals surface area contributed by atoms with Crippen LogP contribution in [0.4, 0.5) is 13.2 Å². The van der Waals surface area contributed by atoms with Crippen molar-refractivity contribution in [2.75, 3.05) is 14.2 Å². The van der Waals surface area contributed by atoms with Crippen LogP contribution in [0.15, 0.2) is 32.9 Å². The van der Waals surface area contributed by atoms with Gasteiger partial charge in [0.15, 0.2) is 0 Å². The van der Waals surface area contributed by atoms with E-state index in [9.17, 15) is 18.0 Å². The zero-order valence-corrected chi connectivity index (χ0v) is 10.7. The summed E-state index contributed by atoms with van der Waals surface area (Å²) in [6.07, 6.45) is -4.07. The number of carbonyl (C=O) groups is 1. The van der Waals surface area contributed by atoms with Crippen LogP contribution in [0.5, 0.6) is 5.88 Å². The van der Waals surface area contributed by atoms with Crippen molar-refractivity contribution in [3.63, 3.8) is 0 Å². The molecule has 8 nitrogen and oxygen atoms in total. The van der Waals surface area contributed by atoms with E-state index in [-0.39, 0.29) is 11.4 Å². The Labute approximate surface area is 115 Å². The predicted octanol–water partition coefficient (Wildman–Crippen LogP) is 2.42.